The van der Waals surface area contributed by atoms with Crippen LogP contribution in [-0.2, 0) is 0 Å². The van der Waals surface area contributed by atoms with Crippen molar-refractivity contribution in [2.24, 2.45) is 11.7 Å². The number of hydrogen-bond acceptors (Lipinski definition) is 2. The fourth-order valence-electron chi connectivity index (χ4n) is 1.91. The lowest BCUT2D eigenvalue weighted by Gasteiger charge is -2.31. The van der Waals surface area contributed by atoms with Gasteiger partial charge in [-0.25, -0.2) is 0 Å². The molecule has 1 nitrogen and oxygen atoms in total. The largest absolute Gasteiger partial charge is 0.326 e. The van der Waals surface area contributed by atoms with E-state index in [-0.39, 0.29) is 5.54 Å². The second kappa shape index (κ2) is 3.22. The third-order valence-corrected chi connectivity index (χ3v) is 4.21. The summed E-state index contributed by atoms with van der Waals surface area (Å²) in [5.41, 5.74) is 6.03. The summed E-state index contributed by atoms with van der Waals surface area (Å²) in [6.45, 7) is 8.96. The first-order chi connectivity index (χ1) is 5.31. The van der Waals surface area contributed by atoms with E-state index in [9.17, 15) is 0 Å². The highest BCUT2D eigenvalue weighted by molar-refractivity contribution is 8.00. The highest BCUT2D eigenvalue weighted by atomic mass is 32.2. The zero-order chi connectivity index (χ0) is 9.41. The van der Waals surface area contributed by atoms with Crippen molar-refractivity contribution in [3.8, 4) is 0 Å². The smallest absolute Gasteiger partial charge is 0.0132 e. The number of thioether (sulfide) groups is 1. The Labute approximate surface area is 80.5 Å². The summed E-state index contributed by atoms with van der Waals surface area (Å²) in [6, 6.07) is 0. The zero-order valence-corrected chi connectivity index (χ0v) is 9.50. The highest BCUT2D eigenvalue weighted by Gasteiger charge is 2.37. The monoisotopic (exact) mass is 187 g/mol. The minimum absolute atomic E-state index is 0.00678. The Kier molecular flexibility index (Phi) is 2.79. The quantitative estimate of drug-likeness (QED) is 0.719. The van der Waals surface area contributed by atoms with E-state index in [4.69, 9.17) is 5.73 Å². The number of nitrogens with two attached hydrogens (primary N) is 1. The van der Waals surface area contributed by atoms with Crippen LogP contribution < -0.4 is 5.73 Å². The lowest BCUT2D eigenvalue weighted by atomic mass is 9.82. The molecule has 1 rings (SSSR count). The topological polar surface area (TPSA) is 26.0 Å². The van der Waals surface area contributed by atoms with Crippen LogP contribution in [0.15, 0.2) is 0 Å². The third-order valence-electron chi connectivity index (χ3n) is 2.70. The molecule has 0 radical (unpaired) electrons. The Balaban J connectivity index is 2.53. The molecule has 1 atom stereocenters. The molecule has 1 heterocycles. The lowest BCUT2D eigenvalue weighted by Crippen LogP contribution is -2.38. The maximum atomic E-state index is 6.03. The first-order valence-electron chi connectivity index (χ1n) is 4.74. The molecule has 1 unspecified atom stereocenters. The van der Waals surface area contributed by atoms with E-state index in [1.54, 1.807) is 0 Å². The molecule has 1 fully saturated rings. The van der Waals surface area contributed by atoms with Crippen LogP contribution in [0.5, 0.6) is 0 Å². The van der Waals surface area contributed by atoms with Crippen LogP contribution in [0.3, 0.4) is 0 Å². The van der Waals surface area contributed by atoms with Crippen molar-refractivity contribution in [3.63, 3.8) is 0 Å². The van der Waals surface area contributed by atoms with E-state index < -0.39 is 0 Å². The normalized spacial score (nSPS) is 29.2. The van der Waals surface area contributed by atoms with Gasteiger partial charge in [0.2, 0.25) is 0 Å². The molecule has 0 amide bonds. The van der Waals surface area contributed by atoms with E-state index in [1.807, 2.05) is 0 Å². The summed E-state index contributed by atoms with van der Waals surface area (Å²) >= 11 is 2.09. The molecule has 0 aromatic heterocycles. The molecule has 0 spiro atoms. The number of rotatable bonds is 2. The van der Waals surface area contributed by atoms with Crippen molar-refractivity contribution in [3.05, 3.63) is 0 Å². The van der Waals surface area contributed by atoms with Gasteiger partial charge in [0.25, 0.3) is 0 Å². The average Bonchev–Trinajstić information content (AvgIpc) is 2.07. The molecule has 2 heteroatoms. The van der Waals surface area contributed by atoms with Crippen molar-refractivity contribution in [2.75, 3.05) is 5.75 Å². The van der Waals surface area contributed by atoms with Gasteiger partial charge >= 0.3 is 0 Å². The Hall–Kier alpha value is 0.310. The van der Waals surface area contributed by atoms with Crippen LogP contribution in [0.1, 0.15) is 40.5 Å². The van der Waals surface area contributed by atoms with Crippen LogP contribution in [0.4, 0.5) is 0 Å². The van der Waals surface area contributed by atoms with Crippen molar-refractivity contribution >= 4 is 11.8 Å². The van der Waals surface area contributed by atoms with Gasteiger partial charge in [-0.3, -0.25) is 0 Å². The van der Waals surface area contributed by atoms with Gasteiger partial charge in [-0.05, 0) is 38.4 Å². The molecule has 0 aromatic rings. The molecule has 0 bridgehead atoms. The molecule has 1 aliphatic rings. The summed E-state index contributed by atoms with van der Waals surface area (Å²) in [5, 5.41) is 0. The molecule has 1 aliphatic heterocycles. The summed E-state index contributed by atoms with van der Waals surface area (Å²) in [4.78, 5) is 0. The van der Waals surface area contributed by atoms with Crippen molar-refractivity contribution in [1.82, 2.24) is 0 Å². The molecule has 0 aliphatic carbocycles. The van der Waals surface area contributed by atoms with Gasteiger partial charge in [-0.2, -0.15) is 11.8 Å². The Morgan fingerprint density at radius 2 is 2.08 bits per heavy atom. The first-order valence-corrected chi connectivity index (χ1v) is 5.73. The van der Waals surface area contributed by atoms with E-state index in [0.29, 0.717) is 4.75 Å². The molecule has 12 heavy (non-hydrogen) atoms. The van der Waals surface area contributed by atoms with Crippen molar-refractivity contribution in [2.45, 2.75) is 50.8 Å². The summed E-state index contributed by atoms with van der Waals surface area (Å²) in [7, 11) is 0. The number of hydrogen-bond donors (Lipinski definition) is 1. The fraction of sp³-hybridized carbons (Fsp3) is 1.00. The second-order valence-corrected chi connectivity index (χ2v) is 6.88. The minimum Gasteiger partial charge on any atom is -0.326 e. The van der Waals surface area contributed by atoms with Crippen LogP contribution in [0.25, 0.3) is 0 Å². The van der Waals surface area contributed by atoms with Gasteiger partial charge in [0.05, 0.1) is 0 Å². The summed E-state index contributed by atoms with van der Waals surface area (Å²) < 4.78 is 0.455. The van der Waals surface area contributed by atoms with E-state index in [2.05, 4.69) is 39.5 Å². The van der Waals surface area contributed by atoms with Crippen molar-refractivity contribution in [1.29, 1.82) is 0 Å². The Morgan fingerprint density at radius 3 is 2.42 bits per heavy atom. The van der Waals surface area contributed by atoms with E-state index in [1.165, 1.54) is 12.2 Å². The standard InChI is InChI=1S/C10H21NS/c1-9(2,11)7-8-5-6-12-10(8,3)4/h8H,5-7,11H2,1-4H3. The lowest BCUT2D eigenvalue weighted by molar-refractivity contribution is 0.318. The molecule has 72 valence electrons. The second-order valence-electron chi connectivity index (χ2n) is 5.13. The van der Waals surface area contributed by atoms with Crippen LogP contribution in [-0.4, -0.2) is 16.0 Å². The van der Waals surface area contributed by atoms with Gasteiger partial charge in [0.15, 0.2) is 0 Å². The van der Waals surface area contributed by atoms with Crippen LogP contribution in [0.2, 0.25) is 0 Å². The Bertz CT molecular complexity index is 158. The van der Waals surface area contributed by atoms with E-state index >= 15 is 0 Å². The third kappa shape index (κ3) is 2.67. The summed E-state index contributed by atoms with van der Waals surface area (Å²) in [5.74, 6) is 2.12. The van der Waals surface area contributed by atoms with Gasteiger partial charge in [0, 0.05) is 10.3 Å². The first kappa shape index (κ1) is 10.4. The Morgan fingerprint density at radius 1 is 1.50 bits per heavy atom. The van der Waals surface area contributed by atoms with Crippen molar-refractivity contribution < 1.29 is 0 Å². The maximum Gasteiger partial charge on any atom is 0.0132 e. The van der Waals surface area contributed by atoms with Gasteiger partial charge in [-0.15, -0.1) is 0 Å². The molecule has 0 aromatic carbocycles. The van der Waals surface area contributed by atoms with E-state index in [0.717, 1.165) is 12.3 Å². The van der Waals surface area contributed by atoms with Gasteiger partial charge in [-0.1, -0.05) is 13.8 Å². The van der Waals surface area contributed by atoms with Gasteiger partial charge < -0.3 is 5.73 Å². The molecular weight excluding hydrogens is 166 g/mol. The molecular formula is C10H21NS. The fourth-order valence-corrected chi connectivity index (χ4v) is 3.28. The van der Waals surface area contributed by atoms with Crippen LogP contribution in [0, 0.1) is 5.92 Å². The predicted octanol–water partition coefficient (Wildman–Crippen LogP) is 2.65. The maximum absolute atomic E-state index is 6.03. The predicted molar refractivity (Wildman–Crippen MR) is 57.5 cm³/mol. The molecule has 0 saturated carbocycles. The average molecular weight is 187 g/mol. The SMILES string of the molecule is CC(C)(N)CC1CCSC1(C)C. The van der Waals surface area contributed by atoms with Crippen LogP contribution >= 0.6 is 11.8 Å². The minimum atomic E-state index is 0.00678. The zero-order valence-electron chi connectivity index (χ0n) is 8.68. The molecule has 2 N–H and O–H groups in total. The highest BCUT2D eigenvalue weighted by Crippen LogP contribution is 2.45. The molecule has 1 saturated heterocycles. The summed E-state index contributed by atoms with van der Waals surface area (Å²) in [6.07, 6.45) is 2.51. The van der Waals surface area contributed by atoms with Gasteiger partial charge in [0.1, 0.15) is 0 Å².